The highest BCUT2D eigenvalue weighted by atomic mass is 79.9. The van der Waals surface area contributed by atoms with Crippen molar-refractivity contribution in [2.24, 2.45) is 0 Å². The van der Waals surface area contributed by atoms with E-state index in [9.17, 15) is 8.78 Å². The van der Waals surface area contributed by atoms with Crippen LogP contribution in [0.4, 0.5) is 8.78 Å². The van der Waals surface area contributed by atoms with E-state index in [4.69, 9.17) is 4.74 Å². The zero-order chi connectivity index (χ0) is 15.4. The zero-order valence-electron chi connectivity index (χ0n) is 11.8. The van der Waals surface area contributed by atoms with Crippen LogP contribution in [0.1, 0.15) is 24.1 Å². The molecule has 0 aromatic heterocycles. The molecule has 0 fully saturated rings. The van der Waals surface area contributed by atoms with Gasteiger partial charge in [-0.25, -0.2) is 8.78 Å². The molecule has 21 heavy (non-hydrogen) atoms. The third-order valence-corrected chi connectivity index (χ3v) is 3.79. The Morgan fingerprint density at radius 3 is 2.62 bits per heavy atom. The summed E-state index contributed by atoms with van der Waals surface area (Å²) in [6.07, 6.45) is 0. The Balaban J connectivity index is 2.42. The lowest BCUT2D eigenvalue weighted by molar-refractivity contribution is 0.338. The number of benzene rings is 2. The van der Waals surface area contributed by atoms with Gasteiger partial charge in [-0.2, -0.15) is 0 Å². The molecule has 0 radical (unpaired) electrons. The smallest absolute Gasteiger partial charge is 0.163 e. The van der Waals surface area contributed by atoms with E-state index < -0.39 is 17.7 Å². The van der Waals surface area contributed by atoms with Crippen molar-refractivity contribution >= 4 is 15.9 Å². The Bertz CT molecular complexity index is 634. The summed E-state index contributed by atoms with van der Waals surface area (Å²) in [5.41, 5.74) is 1.09. The lowest BCUT2D eigenvalue weighted by Crippen LogP contribution is -2.19. The number of rotatable bonds is 5. The minimum absolute atomic E-state index is 0.272. The Hall–Kier alpha value is -1.46. The van der Waals surface area contributed by atoms with Crippen molar-refractivity contribution in [3.05, 3.63) is 63.6 Å². The van der Waals surface area contributed by atoms with Gasteiger partial charge in [-0.3, -0.25) is 0 Å². The fraction of sp³-hybridized carbons (Fsp3) is 0.250. The second-order valence-corrected chi connectivity index (χ2v) is 5.34. The van der Waals surface area contributed by atoms with Gasteiger partial charge in [-0.1, -0.05) is 18.2 Å². The van der Waals surface area contributed by atoms with Crippen LogP contribution in [0.3, 0.4) is 0 Å². The zero-order valence-corrected chi connectivity index (χ0v) is 13.4. The maximum Gasteiger partial charge on any atom is 0.163 e. The molecule has 0 heterocycles. The second kappa shape index (κ2) is 7.00. The molecule has 0 spiro atoms. The first-order valence-electron chi connectivity index (χ1n) is 6.61. The molecular formula is C16H16BrF2NO. The maximum atomic E-state index is 14.0. The molecule has 2 nitrogen and oxygen atoms in total. The fourth-order valence-electron chi connectivity index (χ4n) is 2.21. The van der Waals surface area contributed by atoms with Crippen LogP contribution in [0.15, 0.2) is 40.9 Å². The predicted octanol–water partition coefficient (Wildman–Crippen LogP) is 4.43. The van der Waals surface area contributed by atoms with Crippen LogP contribution in [0.5, 0.6) is 5.75 Å². The highest BCUT2D eigenvalue weighted by Crippen LogP contribution is 2.32. The molecule has 0 aliphatic carbocycles. The predicted molar refractivity (Wildman–Crippen MR) is 82.6 cm³/mol. The molecule has 0 aliphatic heterocycles. The highest BCUT2D eigenvalue weighted by Gasteiger charge is 2.19. The summed E-state index contributed by atoms with van der Waals surface area (Å²) in [4.78, 5) is 0. The van der Waals surface area contributed by atoms with Crippen molar-refractivity contribution in [2.75, 3.05) is 13.7 Å². The molecule has 2 aromatic rings. The molecule has 2 aromatic carbocycles. The Kier molecular flexibility index (Phi) is 5.31. The van der Waals surface area contributed by atoms with E-state index in [1.54, 1.807) is 13.1 Å². The minimum Gasteiger partial charge on any atom is -0.493 e. The third-order valence-electron chi connectivity index (χ3n) is 3.17. The molecular weight excluding hydrogens is 340 g/mol. The maximum absolute atomic E-state index is 14.0. The van der Waals surface area contributed by atoms with E-state index in [2.05, 4.69) is 21.2 Å². The number of nitrogens with one attached hydrogen (secondary N) is 1. The molecule has 112 valence electrons. The van der Waals surface area contributed by atoms with E-state index >= 15 is 0 Å². The van der Waals surface area contributed by atoms with Gasteiger partial charge < -0.3 is 10.1 Å². The summed E-state index contributed by atoms with van der Waals surface area (Å²) < 4.78 is 33.6. The van der Waals surface area contributed by atoms with Gasteiger partial charge in [0.15, 0.2) is 11.6 Å². The second-order valence-electron chi connectivity index (χ2n) is 4.49. The van der Waals surface area contributed by atoms with E-state index in [1.165, 1.54) is 6.07 Å². The van der Waals surface area contributed by atoms with Gasteiger partial charge in [-0.05, 0) is 53.7 Å². The standard InChI is InChI=1S/C16H16BrF2NO/c1-3-21-14-8-7-10(9-12(14)17)16(20-2)11-5-4-6-13(18)15(11)19/h4-9,16,20H,3H2,1-2H3. The molecule has 0 saturated heterocycles. The van der Waals surface area contributed by atoms with Crippen molar-refractivity contribution in [1.29, 1.82) is 0 Å². The molecule has 1 unspecified atom stereocenters. The Labute approximate surface area is 131 Å². The lowest BCUT2D eigenvalue weighted by Gasteiger charge is -2.19. The van der Waals surface area contributed by atoms with Gasteiger partial charge in [0.25, 0.3) is 0 Å². The molecule has 0 aliphatic rings. The average Bonchev–Trinajstić information content (AvgIpc) is 2.47. The van der Waals surface area contributed by atoms with Crippen LogP contribution in [-0.4, -0.2) is 13.7 Å². The van der Waals surface area contributed by atoms with E-state index in [-0.39, 0.29) is 5.56 Å². The van der Waals surface area contributed by atoms with Crippen molar-refractivity contribution in [1.82, 2.24) is 5.32 Å². The Morgan fingerprint density at radius 1 is 1.24 bits per heavy atom. The number of halogens is 3. The van der Waals surface area contributed by atoms with Crippen LogP contribution in [0.25, 0.3) is 0 Å². The molecule has 0 amide bonds. The summed E-state index contributed by atoms with van der Waals surface area (Å²) in [6, 6.07) is 9.24. The quantitative estimate of drug-likeness (QED) is 0.856. The summed E-state index contributed by atoms with van der Waals surface area (Å²) in [5, 5.41) is 3.01. The summed E-state index contributed by atoms with van der Waals surface area (Å²) in [6.45, 7) is 2.46. The van der Waals surface area contributed by atoms with Crippen LogP contribution < -0.4 is 10.1 Å². The fourth-order valence-corrected chi connectivity index (χ4v) is 2.73. The van der Waals surface area contributed by atoms with Crippen molar-refractivity contribution < 1.29 is 13.5 Å². The molecule has 1 N–H and O–H groups in total. The SMILES string of the molecule is CCOc1ccc(C(NC)c2cccc(F)c2F)cc1Br. The van der Waals surface area contributed by atoms with Crippen LogP contribution >= 0.6 is 15.9 Å². The lowest BCUT2D eigenvalue weighted by atomic mass is 9.98. The van der Waals surface area contributed by atoms with Gasteiger partial charge >= 0.3 is 0 Å². The monoisotopic (exact) mass is 355 g/mol. The van der Waals surface area contributed by atoms with E-state index in [1.807, 2.05) is 25.1 Å². The normalized spacial score (nSPS) is 12.2. The first kappa shape index (κ1) is 15.9. The minimum atomic E-state index is -0.849. The topological polar surface area (TPSA) is 21.3 Å². The third kappa shape index (κ3) is 3.41. The largest absolute Gasteiger partial charge is 0.493 e. The highest BCUT2D eigenvalue weighted by molar-refractivity contribution is 9.10. The van der Waals surface area contributed by atoms with Crippen molar-refractivity contribution in [2.45, 2.75) is 13.0 Å². The van der Waals surface area contributed by atoms with Crippen molar-refractivity contribution in [3.8, 4) is 5.75 Å². The van der Waals surface area contributed by atoms with Crippen molar-refractivity contribution in [3.63, 3.8) is 0 Å². The van der Waals surface area contributed by atoms with Gasteiger partial charge in [0.05, 0.1) is 17.1 Å². The average molecular weight is 356 g/mol. The molecule has 5 heteroatoms. The Morgan fingerprint density at radius 2 is 2.00 bits per heavy atom. The number of hydrogen-bond donors (Lipinski definition) is 1. The summed E-state index contributed by atoms with van der Waals surface area (Å²) in [5.74, 6) is -0.963. The first-order valence-corrected chi connectivity index (χ1v) is 7.41. The molecule has 0 bridgehead atoms. The van der Waals surface area contributed by atoms with E-state index in [0.29, 0.717) is 6.61 Å². The van der Waals surface area contributed by atoms with Gasteiger partial charge in [0.1, 0.15) is 5.75 Å². The van der Waals surface area contributed by atoms with Crippen LogP contribution in [0.2, 0.25) is 0 Å². The molecule has 2 rings (SSSR count). The van der Waals surface area contributed by atoms with Gasteiger partial charge in [0, 0.05) is 5.56 Å². The molecule has 0 saturated carbocycles. The summed E-state index contributed by atoms with van der Waals surface area (Å²) in [7, 11) is 1.71. The van der Waals surface area contributed by atoms with Crippen LogP contribution in [-0.2, 0) is 0 Å². The number of hydrogen-bond acceptors (Lipinski definition) is 2. The van der Waals surface area contributed by atoms with Crippen LogP contribution in [0, 0.1) is 11.6 Å². The summed E-state index contributed by atoms with van der Waals surface area (Å²) >= 11 is 3.43. The van der Waals surface area contributed by atoms with E-state index in [0.717, 1.165) is 21.9 Å². The molecule has 1 atom stereocenters. The van der Waals surface area contributed by atoms with Gasteiger partial charge in [-0.15, -0.1) is 0 Å². The van der Waals surface area contributed by atoms with Gasteiger partial charge in [0.2, 0.25) is 0 Å². The number of ether oxygens (including phenoxy) is 1. The first-order chi connectivity index (χ1) is 10.1.